The number of hydrogen-bond acceptors (Lipinski definition) is 3. The molecule has 1 atom stereocenters. The standard InChI is InChI=1S/C5H6N2O/c8-4-5-2-1-3-6-7-5/h1-5,7H. The van der Waals surface area contributed by atoms with E-state index in [-0.39, 0.29) is 6.04 Å². The van der Waals surface area contributed by atoms with Gasteiger partial charge in [0.05, 0.1) is 0 Å². The van der Waals surface area contributed by atoms with E-state index in [1.165, 1.54) is 0 Å². The largest absolute Gasteiger partial charge is 0.301 e. The lowest BCUT2D eigenvalue weighted by Gasteiger charge is -2.04. The third kappa shape index (κ3) is 0.932. The van der Waals surface area contributed by atoms with Crippen molar-refractivity contribution in [1.82, 2.24) is 5.43 Å². The lowest BCUT2D eigenvalue weighted by molar-refractivity contribution is -0.108. The van der Waals surface area contributed by atoms with E-state index in [1.807, 2.05) is 0 Å². The molecular formula is C5H6N2O. The Morgan fingerprint density at radius 2 is 2.62 bits per heavy atom. The van der Waals surface area contributed by atoms with E-state index in [0.717, 1.165) is 6.29 Å². The number of nitrogens with zero attached hydrogens (tertiary/aromatic N) is 1. The zero-order valence-electron chi connectivity index (χ0n) is 4.24. The number of carbonyl (C=O) groups is 1. The highest BCUT2D eigenvalue weighted by atomic mass is 16.1. The molecule has 0 aromatic carbocycles. The first-order valence-corrected chi connectivity index (χ1v) is 2.34. The molecule has 0 radical (unpaired) electrons. The molecule has 0 aliphatic carbocycles. The Kier molecular flexibility index (Phi) is 1.42. The van der Waals surface area contributed by atoms with Crippen LogP contribution in [0.1, 0.15) is 0 Å². The highest BCUT2D eigenvalue weighted by molar-refractivity contribution is 5.75. The van der Waals surface area contributed by atoms with Gasteiger partial charge in [0.25, 0.3) is 0 Å². The number of hydrazone groups is 1. The van der Waals surface area contributed by atoms with E-state index < -0.39 is 0 Å². The van der Waals surface area contributed by atoms with Crippen molar-refractivity contribution in [1.29, 1.82) is 0 Å². The topological polar surface area (TPSA) is 41.5 Å². The van der Waals surface area contributed by atoms with E-state index in [9.17, 15) is 4.79 Å². The molecule has 1 aliphatic heterocycles. The Labute approximate surface area is 47.1 Å². The van der Waals surface area contributed by atoms with Crippen LogP contribution in [0.4, 0.5) is 0 Å². The van der Waals surface area contributed by atoms with Gasteiger partial charge in [-0.15, -0.1) is 0 Å². The van der Waals surface area contributed by atoms with E-state index in [2.05, 4.69) is 10.5 Å². The number of hydrogen-bond donors (Lipinski definition) is 1. The van der Waals surface area contributed by atoms with Crippen LogP contribution < -0.4 is 5.43 Å². The van der Waals surface area contributed by atoms with E-state index >= 15 is 0 Å². The van der Waals surface area contributed by atoms with Crippen molar-refractivity contribution >= 4 is 12.5 Å². The minimum absolute atomic E-state index is 0.222. The Morgan fingerprint density at radius 3 is 3.00 bits per heavy atom. The normalized spacial score (nSPS) is 24.8. The molecule has 0 saturated heterocycles. The molecule has 0 aromatic heterocycles. The summed E-state index contributed by atoms with van der Waals surface area (Å²) in [6.07, 6.45) is 5.86. The minimum Gasteiger partial charge on any atom is -0.301 e. The molecule has 1 N–H and O–H groups in total. The summed E-state index contributed by atoms with van der Waals surface area (Å²) >= 11 is 0. The van der Waals surface area contributed by atoms with Gasteiger partial charge in [-0.1, -0.05) is 6.08 Å². The fourth-order valence-corrected chi connectivity index (χ4v) is 0.460. The maximum absolute atomic E-state index is 9.97. The quantitative estimate of drug-likeness (QED) is 0.471. The summed E-state index contributed by atoms with van der Waals surface area (Å²) in [5.41, 5.74) is 2.58. The molecule has 0 bridgehead atoms. The molecule has 0 fully saturated rings. The van der Waals surface area contributed by atoms with Gasteiger partial charge >= 0.3 is 0 Å². The first-order valence-electron chi connectivity index (χ1n) is 2.34. The van der Waals surface area contributed by atoms with Gasteiger partial charge in [-0.3, -0.25) is 5.43 Å². The van der Waals surface area contributed by atoms with Gasteiger partial charge in [0, 0.05) is 6.21 Å². The van der Waals surface area contributed by atoms with Crippen molar-refractivity contribution in [3.05, 3.63) is 12.2 Å². The van der Waals surface area contributed by atoms with Crippen molar-refractivity contribution in [3.63, 3.8) is 0 Å². The molecule has 1 unspecified atom stereocenters. The molecule has 1 aliphatic rings. The second kappa shape index (κ2) is 2.26. The Bertz CT molecular complexity index is 139. The second-order valence-corrected chi connectivity index (χ2v) is 1.45. The molecule has 3 heteroatoms. The number of carbonyl (C=O) groups excluding carboxylic acids is 1. The molecule has 0 aromatic rings. The number of aldehydes is 1. The average Bonchev–Trinajstić information content (AvgIpc) is 1.90. The summed E-state index contributed by atoms with van der Waals surface area (Å²) in [5, 5.41) is 3.64. The summed E-state index contributed by atoms with van der Waals surface area (Å²) in [6.45, 7) is 0. The van der Waals surface area contributed by atoms with E-state index in [1.54, 1.807) is 18.4 Å². The number of nitrogens with one attached hydrogen (secondary N) is 1. The highest BCUT2D eigenvalue weighted by Crippen LogP contribution is 1.84. The summed E-state index contributed by atoms with van der Waals surface area (Å²) in [5.74, 6) is 0. The first-order chi connectivity index (χ1) is 3.93. The average molecular weight is 110 g/mol. The number of allylic oxidation sites excluding steroid dienone is 1. The van der Waals surface area contributed by atoms with E-state index in [0.29, 0.717) is 0 Å². The molecule has 8 heavy (non-hydrogen) atoms. The molecule has 42 valence electrons. The van der Waals surface area contributed by atoms with Crippen molar-refractivity contribution in [3.8, 4) is 0 Å². The van der Waals surface area contributed by atoms with Crippen LogP contribution in [0, 0.1) is 0 Å². The number of rotatable bonds is 1. The zero-order chi connectivity index (χ0) is 5.82. The van der Waals surface area contributed by atoms with Crippen LogP contribution in [-0.4, -0.2) is 18.5 Å². The summed E-state index contributed by atoms with van der Waals surface area (Å²) in [7, 11) is 0. The van der Waals surface area contributed by atoms with E-state index in [4.69, 9.17) is 0 Å². The van der Waals surface area contributed by atoms with Crippen molar-refractivity contribution in [2.75, 3.05) is 0 Å². The maximum atomic E-state index is 9.97. The van der Waals surface area contributed by atoms with Crippen LogP contribution in [-0.2, 0) is 4.79 Å². The molecule has 0 amide bonds. The van der Waals surface area contributed by atoms with Crippen LogP contribution in [0.25, 0.3) is 0 Å². The van der Waals surface area contributed by atoms with Crippen LogP contribution in [0.3, 0.4) is 0 Å². The SMILES string of the molecule is O=CC1C=CC=NN1. The van der Waals surface area contributed by atoms with Gasteiger partial charge in [-0.05, 0) is 6.08 Å². The van der Waals surface area contributed by atoms with Crippen LogP contribution in [0.15, 0.2) is 17.3 Å². The van der Waals surface area contributed by atoms with Crippen LogP contribution >= 0.6 is 0 Å². The smallest absolute Gasteiger partial charge is 0.147 e. The molecule has 1 rings (SSSR count). The molecular weight excluding hydrogens is 104 g/mol. The fraction of sp³-hybridized carbons (Fsp3) is 0.200. The molecule has 1 heterocycles. The van der Waals surface area contributed by atoms with Crippen LogP contribution in [0.5, 0.6) is 0 Å². The van der Waals surface area contributed by atoms with Crippen LogP contribution in [0.2, 0.25) is 0 Å². The Balaban J connectivity index is 2.51. The third-order valence-corrected chi connectivity index (χ3v) is 0.849. The Morgan fingerprint density at radius 1 is 1.75 bits per heavy atom. The highest BCUT2D eigenvalue weighted by Gasteiger charge is 1.98. The van der Waals surface area contributed by atoms with Gasteiger partial charge in [0.15, 0.2) is 0 Å². The maximum Gasteiger partial charge on any atom is 0.147 e. The summed E-state index contributed by atoms with van der Waals surface area (Å²) in [6, 6.07) is -0.222. The van der Waals surface area contributed by atoms with Gasteiger partial charge in [0.1, 0.15) is 12.3 Å². The first kappa shape index (κ1) is 5.03. The molecule has 0 spiro atoms. The Hall–Kier alpha value is -1.12. The lowest BCUT2D eigenvalue weighted by Crippen LogP contribution is -2.25. The van der Waals surface area contributed by atoms with Gasteiger partial charge in [-0.25, -0.2) is 0 Å². The summed E-state index contributed by atoms with van der Waals surface area (Å²) in [4.78, 5) is 9.97. The predicted octanol–water partition coefficient (Wildman–Crippen LogP) is -0.301. The fourth-order valence-electron chi connectivity index (χ4n) is 0.460. The minimum atomic E-state index is -0.222. The van der Waals surface area contributed by atoms with Crippen molar-refractivity contribution in [2.24, 2.45) is 5.10 Å². The summed E-state index contributed by atoms with van der Waals surface area (Å²) < 4.78 is 0. The molecule has 0 saturated carbocycles. The van der Waals surface area contributed by atoms with Crippen molar-refractivity contribution in [2.45, 2.75) is 6.04 Å². The zero-order valence-corrected chi connectivity index (χ0v) is 4.24. The third-order valence-electron chi connectivity index (χ3n) is 0.849. The van der Waals surface area contributed by atoms with Gasteiger partial charge in [0.2, 0.25) is 0 Å². The lowest BCUT2D eigenvalue weighted by atomic mass is 10.3. The predicted molar refractivity (Wildman–Crippen MR) is 30.6 cm³/mol. The van der Waals surface area contributed by atoms with Gasteiger partial charge < -0.3 is 4.79 Å². The molecule has 3 nitrogen and oxygen atoms in total. The monoisotopic (exact) mass is 110 g/mol. The van der Waals surface area contributed by atoms with Crippen molar-refractivity contribution < 1.29 is 4.79 Å². The second-order valence-electron chi connectivity index (χ2n) is 1.45. The van der Waals surface area contributed by atoms with Gasteiger partial charge in [-0.2, -0.15) is 5.10 Å².